The van der Waals surface area contributed by atoms with Crippen molar-refractivity contribution in [3.63, 3.8) is 0 Å². The molecule has 0 aliphatic carbocycles. The van der Waals surface area contributed by atoms with Crippen molar-refractivity contribution < 1.29 is 9.59 Å². The summed E-state index contributed by atoms with van der Waals surface area (Å²) < 4.78 is 2.07. The molecule has 2 aromatic rings. The zero-order valence-electron chi connectivity index (χ0n) is 15.4. The van der Waals surface area contributed by atoms with E-state index in [0.29, 0.717) is 42.6 Å². The molecule has 0 aromatic carbocycles. The minimum atomic E-state index is -0.489. The number of fused-ring (bicyclic) bond motifs is 1. The molecule has 3 heterocycles. The lowest BCUT2D eigenvalue weighted by molar-refractivity contribution is -0.137. The molecule has 0 bridgehead atoms. The van der Waals surface area contributed by atoms with E-state index in [-0.39, 0.29) is 23.4 Å². The number of hydrogen-bond donors (Lipinski definition) is 1. The normalized spacial score (nSPS) is 16.4. The summed E-state index contributed by atoms with van der Waals surface area (Å²) in [5, 5.41) is 12.8. The Morgan fingerprint density at radius 3 is 2.81 bits per heavy atom. The van der Waals surface area contributed by atoms with Crippen LogP contribution in [0.1, 0.15) is 32.2 Å². The lowest BCUT2D eigenvalue weighted by Crippen LogP contribution is -2.51. The summed E-state index contributed by atoms with van der Waals surface area (Å²) in [6.07, 6.45) is 3.88. The van der Waals surface area contributed by atoms with Gasteiger partial charge < -0.3 is 10.2 Å². The van der Waals surface area contributed by atoms with Crippen molar-refractivity contribution in [2.24, 2.45) is 0 Å². The predicted octanol–water partition coefficient (Wildman–Crippen LogP) is 1.27. The monoisotopic (exact) mass is 409 g/mol. The predicted molar refractivity (Wildman–Crippen MR) is 107 cm³/mol. The molecule has 146 valence electrons. The number of likely N-dealkylation sites (tertiary alicyclic amines) is 1. The first-order valence-electron chi connectivity index (χ1n) is 8.88. The van der Waals surface area contributed by atoms with Crippen molar-refractivity contribution in [1.29, 1.82) is 0 Å². The molecule has 1 fully saturated rings. The topological polar surface area (TPSA) is 97.2 Å². The van der Waals surface area contributed by atoms with Gasteiger partial charge in [0.15, 0.2) is 0 Å². The minimum Gasteiger partial charge on any atom is -0.345 e. The fourth-order valence-corrected chi connectivity index (χ4v) is 4.54. The Morgan fingerprint density at radius 1 is 1.41 bits per heavy atom. The van der Waals surface area contributed by atoms with Crippen LogP contribution < -0.4 is 10.9 Å². The summed E-state index contributed by atoms with van der Waals surface area (Å²) in [5.41, 5.74) is 0.511. The molecule has 1 atom stereocenters. The van der Waals surface area contributed by atoms with E-state index in [1.54, 1.807) is 22.7 Å². The molecule has 0 saturated carbocycles. The average molecular weight is 410 g/mol. The Kier molecular flexibility index (Phi) is 6.48. The number of aromatic nitrogens is 3. The van der Waals surface area contributed by atoms with Crippen molar-refractivity contribution in [1.82, 2.24) is 25.2 Å². The Balaban J connectivity index is 1.66. The number of nitrogens with one attached hydrogen (secondary N) is 1. The number of rotatable bonds is 6. The van der Waals surface area contributed by atoms with Crippen LogP contribution in [0, 0.1) is 0 Å². The number of nitrogens with zero attached hydrogens (tertiary/aromatic N) is 4. The number of piperidine rings is 1. The van der Waals surface area contributed by atoms with Gasteiger partial charge in [0.05, 0.1) is 6.04 Å². The van der Waals surface area contributed by atoms with Crippen LogP contribution in [0.4, 0.5) is 0 Å². The SMILES string of the molecule is CSCC[C@H](NC(C)=O)C(=O)N1CCC(n2nnc3ccsc3c2=O)CC1. The first-order valence-corrected chi connectivity index (χ1v) is 11.2. The van der Waals surface area contributed by atoms with Crippen LogP contribution in [0.5, 0.6) is 0 Å². The minimum absolute atomic E-state index is 0.0511. The van der Waals surface area contributed by atoms with Gasteiger partial charge in [0.25, 0.3) is 5.56 Å². The summed E-state index contributed by atoms with van der Waals surface area (Å²) in [6.45, 7) is 2.50. The van der Waals surface area contributed by atoms with E-state index < -0.39 is 6.04 Å². The second kappa shape index (κ2) is 8.83. The standard InChI is InChI=1S/C17H23N5O3S2/c1-11(23)18-14(5-9-26-2)16(24)21-7-3-12(4-8-21)22-17(25)15-13(19-20-22)6-10-27-15/h6,10,12,14H,3-5,7-9H2,1-2H3,(H,18,23)/t14-/m0/s1. The summed E-state index contributed by atoms with van der Waals surface area (Å²) in [4.78, 5) is 38.6. The summed E-state index contributed by atoms with van der Waals surface area (Å²) >= 11 is 3.02. The van der Waals surface area contributed by atoms with Gasteiger partial charge in [0, 0.05) is 20.0 Å². The van der Waals surface area contributed by atoms with Gasteiger partial charge in [0.2, 0.25) is 11.8 Å². The van der Waals surface area contributed by atoms with Gasteiger partial charge in [0.1, 0.15) is 16.3 Å². The van der Waals surface area contributed by atoms with E-state index in [1.807, 2.05) is 11.6 Å². The van der Waals surface area contributed by atoms with Gasteiger partial charge in [-0.05, 0) is 42.7 Å². The molecule has 0 unspecified atom stereocenters. The second-order valence-corrected chi connectivity index (χ2v) is 8.47. The van der Waals surface area contributed by atoms with E-state index in [0.717, 1.165) is 5.75 Å². The highest BCUT2D eigenvalue weighted by Crippen LogP contribution is 2.22. The Hall–Kier alpha value is -1.94. The van der Waals surface area contributed by atoms with E-state index in [4.69, 9.17) is 0 Å². The molecule has 1 aliphatic rings. The number of hydrogen-bond acceptors (Lipinski definition) is 7. The van der Waals surface area contributed by atoms with Crippen LogP contribution in [-0.2, 0) is 9.59 Å². The fourth-order valence-electron chi connectivity index (χ4n) is 3.31. The molecule has 2 aromatic heterocycles. The van der Waals surface area contributed by atoms with Crippen molar-refractivity contribution in [3.05, 3.63) is 21.8 Å². The van der Waals surface area contributed by atoms with Gasteiger partial charge in [-0.15, -0.1) is 16.4 Å². The highest BCUT2D eigenvalue weighted by molar-refractivity contribution is 7.98. The third-order valence-electron chi connectivity index (χ3n) is 4.70. The highest BCUT2D eigenvalue weighted by Gasteiger charge is 2.30. The number of thiophene rings is 1. The Bertz CT molecular complexity index is 873. The second-order valence-electron chi connectivity index (χ2n) is 6.57. The maximum absolute atomic E-state index is 12.8. The quantitative estimate of drug-likeness (QED) is 0.772. The first-order chi connectivity index (χ1) is 13.0. The van der Waals surface area contributed by atoms with Gasteiger partial charge in [-0.25, -0.2) is 4.68 Å². The number of carbonyl (C=O) groups excluding carboxylic acids is 2. The molecule has 1 aliphatic heterocycles. The van der Waals surface area contributed by atoms with Crippen LogP contribution in [0.15, 0.2) is 16.2 Å². The average Bonchev–Trinajstić information content (AvgIpc) is 3.14. The Labute approximate surface area is 165 Å². The van der Waals surface area contributed by atoms with Gasteiger partial charge >= 0.3 is 0 Å². The first kappa shape index (κ1) is 19.8. The molecule has 1 N–H and O–H groups in total. The molecule has 10 heteroatoms. The van der Waals surface area contributed by atoms with Gasteiger partial charge in [-0.1, -0.05) is 5.21 Å². The van der Waals surface area contributed by atoms with E-state index in [2.05, 4.69) is 15.6 Å². The largest absolute Gasteiger partial charge is 0.345 e. The molecule has 27 heavy (non-hydrogen) atoms. The molecule has 0 radical (unpaired) electrons. The molecular formula is C17H23N5O3S2. The number of carbonyl (C=O) groups is 2. The maximum atomic E-state index is 12.8. The third kappa shape index (κ3) is 4.49. The smallest absolute Gasteiger partial charge is 0.287 e. The van der Waals surface area contributed by atoms with E-state index >= 15 is 0 Å². The fraction of sp³-hybridized carbons (Fsp3) is 0.588. The van der Waals surface area contributed by atoms with E-state index in [1.165, 1.54) is 22.9 Å². The van der Waals surface area contributed by atoms with Crippen LogP contribution in [0.25, 0.3) is 10.2 Å². The molecule has 0 spiro atoms. The molecule has 3 rings (SSSR count). The van der Waals surface area contributed by atoms with Crippen LogP contribution in [0.2, 0.25) is 0 Å². The zero-order chi connectivity index (χ0) is 19.4. The lowest BCUT2D eigenvalue weighted by Gasteiger charge is -2.34. The third-order valence-corrected chi connectivity index (χ3v) is 6.24. The van der Waals surface area contributed by atoms with E-state index in [9.17, 15) is 14.4 Å². The number of thioether (sulfide) groups is 1. The van der Waals surface area contributed by atoms with Crippen molar-refractivity contribution in [3.8, 4) is 0 Å². The molecule has 2 amide bonds. The van der Waals surface area contributed by atoms with Gasteiger partial charge in [-0.3, -0.25) is 14.4 Å². The zero-order valence-corrected chi connectivity index (χ0v) is 17.0. The number of amides is 2. The molecular weight excluding hydrogens is 386 g/mol. The lowest BCUT2D eigenvalue weighted by atomic mass is 10.0. The summed E-state index contributed by atoms with van der Waals surface area (Å²) in [7, 11) is 0. The van der Waals surface area contributed by atoms with Crippen molar-refractivity contribution in [2.75, 3.05) is 25.1 Å². The van der Waals surface area contributed by atoms with Crippen molar-refractivity contribution in [2.45, 2.75) is 38.3 Å². The summed E-state index contributed by atoms with van der Waals surface area (Å²) in [6, 6.07) is 1.24. The molecule has 1 saturated heterocycles. The van der Waals surface area contributed by atoms with Gasteiger partial charge in [-0.2, -0.15) is 11.8 Å². The summed E-state index contributed by atoms with van der Waals surface area (Å²) in [5.74, 6) is 0.555. The molecule has 8 nitrogen and oxygen atoms in total. The maximum Gasteiger partial charge on any atom is 0.287 e. The van der Waals surface area contributed by atoms with Crippen LogP contribution in [-0.4, -0.2) is 62.8 Å². The Morgan fingerprint density at radius 2 is 2.15 bits per heavy atom. The van der Waals surface area contributed by atoms with Crippen LogP contribution >= 0.6 is 23.1 Å². The van der Waals surface area contributed by atoms with Crippen molar-refractivity contribution >= 4 is 45.1 Å². The van der Waals surface area contributed by atoms with Crippen LogP contribution in [0.3, 0.4) is 0 Å². The highest BCUT2D eigenvalue weighted by atomic mass is 32.2.